The molecule has 0 radical (unpaired) electrons. The molecule has 0 aromatic carbocycles. The summed E-state index contributed by atoms with van der Waals surface area (Å²) in [6.07, 6.45) is 3.13. The number of hydrogen-bond acceptors (Lipinski definition) is 3. The number of allylic oxidation sites excluding steroid dienone is 2. The topological polar surface area (TPSA) is 17.1 Å². The summed E-state index contributed by atoms with van der Waals surface area (Å²) in [4.78, 5) is 12.5. The molecule has 1 nitrogen and oxygen atoms in total. The number of hydrogen-bond donors (Lipinski definition) is 1. The molecule has 0 aliphatic heterocycles. The van der Waals surface area contributed by atoms with E-state index in [4.69, 9.17) is 0 Å². The lowest BCUT2D eigenvalue weighted by Gasteiger charge is -2.33. The van der Waals surface area contributed by atoms with Gasteiger partial charge in [0.15, 0.2) is 5.78 Å². The van der Waals surface area contributed by atoms with Gasteiger partial charge in [-0.15, -0.1) is 11.7 Å². The monoisotopic (exact) mass is 270 g/mol. The summed E-state index contributed by atoms with van der Waals surface area (Å²) >= 11 is 4.19. The molecular weight excluding hydrogens is 248 g/mol. The molecular formula is C14H22OS2. The number of carbonyl (C=O) groups is 1. The Labute approximate surface area is 114 Å². The summed E-state index contributed by atoms with van der Waals surface area (Å²) in [7, 11) is 1.48. The number of Topliss-reactive ketones (excluding diaryl/α,β-unsaturated/α-hetero) is 1. The third-order valence-corrected chi connectivity index (χ3v) is 5.86. The van der Waals surface area contributed by atoms with Crippen LogP contribution in [0.4, 0.5) is 0 Å². The van der Waals surface area contributed by atoms with E-state index in [1.54, 1.807) is 0 Å². The van der Waals surface area contributed by atoms with Crippen LogP contribution in [0.1, 0.15) is 47.0 Å². The van der Waals surface area contributed by atoms with Crippen molar-refractivity contribution in [2.45, 2.75) is 52.2 Å². The lowest BCUT2D eigenvalue weighted by Crippen LogP contribution is -2.28. The highest BCUT2D eigenvalue weighted by atomic mass is 33.1. The van der Waals surface area contributed by atoms with Crippen LogP contribution < -0.4 is 0 Å². The van der Waals surface area contributed by atoms with E-state index in [-0.39, 0.29) is 5.41 Å². The van der Waals surface area contributed by atoms with Crippen LogP contribution in [0, 0.1) is 17.3 Å². The van der Waals surface area contributed by atoms with Crippen molar-refractivity contribution in [2.24, 2.45) is 17.3 Å². The third kappa shape index (κ3) is 2.60. The van der Waals surface area contributed by atoms with E-state index >= 15 is 0 Å². The summed E-state index contributed by atoms with van der Waals surface area (Å²) in [5, 5.41) is 0.304. The first-order valence-corrected chi connectivity index (χ1v) is 8.34. The van der Waals surface area contributed by atoms with Gasteiger partial charge in [-0.2, -0.15) is 0 Å². The van der Waals surface area contributed by atoms with Gasteiger partial charge >= 0.3 is 0 Å². The third-order valence-electron chi connectivity index (χ3n) is 4.25. The fraction of sp³-hybridized carbons (Fsp3) is 0.786. The largest absolute Gasteiger partial charge is 0.294 e. The molecule has 0 spiro atoms. The van der Waals surface area contributed by atoms with Crippen LogP contribution in [-0.2, 0) is 4.79 Å². The zero-order valence-corrected chi connectivity index (χ0v) is 12.8. The second-order valence-electron chi connectivity index (χ2n) is 6.29. The quantitative estimate of drug-likeness (QED) is 0.606. The van der Waals surface area contributed by atoms with Gasteiger partial charge in [-0.05, 0) is 42.6 Å². The van der Waals surface area contributed by atoms with E-state index in [0.29, 0.717) is 17.5 Å². The lowest BCUT2D eigenvalue weighted by molar-refractivity contribution is -0.116. The Hall–Kier alpha value is 0.110. The van der Waals surface area contributed by atoms with Crippen LogP contribution in [0.15, 0.2) is 11.1 Å². The molecule has 17 heavy (non-hydrogen) atoms. The Bertz CT molecular complexity index is 370. The van der Waals surface area contributed by atoms with Crippen molar-refractivity contribution >= 4 is 28.2 Å². The zero-order chi connectivity index (χ0) is 12.8. The summed E-state index contributed by atoms with van der Waals surface area (Å²) in [6, 6.07) is 0. The first kappa shape index (κ1) is 13.5. The number of rotatable bonds is 4. The van der Waals surface area contributed by atoms with Crippen LogP contribution in [0.3, 0.4) is 0 Å². The predicted octanol–water partition coefficient (Wildman–Crippen LogP) is 4.29. The smallest absolute Gasteiger partial charge is 0.160 e. The van der Waals surface area contributed by atoms with Gasteiger partial charge in [-0.25, -0.2) is 0 Å². The maximum Gasteiger partial charge on any atom is 0.160 e. The van der Waals surface area contributed by atoms with Crippen LogP contribution in [0.25, 0.3) is 0 Å². The minimum Gasteiger partial charge on any atom is -0.294 e. The average Bonchev–Trinajstić information content (AvgIpc) is 2.94. The van der Waals surface area contributed by atoms with E-state index < -0.39 is 0 Å². The lowest BCUT2D eigenvalue weighted by atomic mass is 9.70. The molecule has 0 heterocycles. The Morgan fingerprint density at radius 2 is 2.24 bits per heavy atom. The molecule has 96 valence electrons. The van der Waals surface area contributed by atoms with Gasteiger partial charge < -0.3 is 0 Å². The van der Waals surface area contributed by atoms with Gasteiger partial charge in [-0.3, -0.25) is 4.79 Å². The van der Waals surface area contributed by atoms with E-state index in [1.807, 2.05) is 0 Å². The van der Waals surface area contributed by atoms with Crippen molar-refractivity contribution in [3.8, 4) is 0 Å². The second kappa shape index (κ2) is 4.65. The predicted molar refractivity (Wildman–Crippen MR) is 78.4 cm³/mol. The second-order valence-corrected chi connectivity index (χ2v) is 7.94. The molecule has 2 aliphatic carbocycles. The molecule has 3 heteroatoms. The molecule has 0 N–H and O–H groups in total. The Morgan fingerprint density at radius 3 is 2.82 bits per heavy atom. The summed E-state index contributed by atoms with van der Waals surface area (Å²) < 4.78 is 0. The van der Waals surface area contributed by atoms with Crippen molar-refractivity contribution in [2.75, 3.05) is 0 Å². The molecule has 1 saturated carbocycles. The van der Waals surface area contributed by atoms with Crippen LogP contribution in [0.5, 0.6) is 0 Å². The van der Waals surface area contributed by atoms with Gasteiger partial charge in [0.1, 0.15) is 0 Å². The summed E-state index contributed by atoms with van der Waals surface area (Å²) in [5.41, 5.74) is 2.60. The first-order valence-electron chi connectivity index (χ1n) is 6.41. The van der Waals surface area contributed by atoms with Crippen LogP contribution in [-0.4, -0.2) is 11.0 Å². The van der Waals surface area contributed by atoms with E-state index in [2.05, 4.69) is 39.4 Å². The molecule has 3 unspecified atom stereocenters. The highest BCUT2D eigenvalue weighted by Gasteiger charge is 2.49. The number of thiol groups is 1. The van der Waals surface area contributed by atoms with Gasteiger partial charge in [0.2, 0.25) is 0 Å². The molecule has 0 amide bonds. The van der Waals surface area contributed by atoms with E-state index in [0.717, 1.165) is 17.4 Å². The van der Waals surface area contributed by atoms with Crippen LogP contribution >= 0.6 is 22.5 Å². The highest BCUT2D eigenvalue weighted by molar-refractivity contribution is 8.68. The van der Waals surface area contributed by atoms with Crippen molar-refractivity contribution in [1.29, 1.82) is 0 Å². The molecule has 0 bridgehead atoms. The normalized spacial score (nSPS) is 32.1. The highest BCUT2D eigenvalue weighted by Crippen LogP contribution is 2.58. The van der Waals surface area contributed by atoms with Crippen molar-refractivity contribution in [1.82, 2.24) is 0 Å². The van der Waals surface area contributed by atoms with E-state index in [9.17, 15) is 4.79 Å². The molecule has 0 aromatic rings. The van der Waals surface area contributed by atoms with Gasteiger partial charge in [0.25, 0.3) is 0 Å². The fourth-order valence-corrected chi connectivity index (χ4v) is 3.93. The maximum atomic E-state index is 12.5. The zero-order valence-electron chi connectivity index (χ0n) is 11.1. The van der Waals surface area contributed by atoms with Gasteiger partial charge in [0, 0.05) is 11.7 Å². The molecule has 2 aliphatic rings. The van der Waals surface area contributed by atoms with Crippen molar-refractivity contribution in [3.63, 3.8) is 0 Å². The van der Waals surface area contributed by atoms with Crippen molar-refractivity contribution < 1.29 is 4.79 Å². The minimum absolute atomic E-state index is 0.0832. The van der Waals surface area contributed by atoms with Crippen molar-refractivity contribution in [3.05, 3.63) is 11.1 Å². The van der Waals surface area contributed by atoms with Crippen LogP contribution in [0.2, 0.25) is 0 Å². The van der Waals surface area contributed by atoms with Gasteiger partial charge in [-0.1, -0.05) is 37.1 Å². The van der Waals surface area contributed by atoms with E-state index in [1.165, 1.54) is 29.2 Å². The fourth-order valence-electron chi connectivity index (χ4n) is 3.48. The standard InChI is InChI=1S/C14H22OS2/c1-8(17-16)5-12(15)13-9(2)11-6-10(11)7-14(13,3)4/h8,10-11,16H,5-7H2,1-4H3. The number of carbonyl (C=O) groups excluding carboxylic acids is 1. The van der Waals surface area contributed by atoms with Gasteiger partial charge in [0.05, 0.1) is 0 Å². The first-order chi connectivity index (χ1) is 7.86. The molecule has 0 aromatic heterocycles. The number of ketones is 1. The SMILES string of the molecule is CC1=C(C(=O)CC(C)SS)C(C)(C)CC2CC12. The molecule has 1 fully saturated rings. The maximum absolute atomic E-state index is 12.5. The Morgan fingerprint density at radius 1 is 1.59 bits per heavy atom. The average molecular weight is 270 g/mol. The summed E-state index contributed by atoms with van der Waals surface area (Å²) in [5.74, 6) is 1.94. The number of fused-ring (bicyclic) bond motifs is 1. The Kier molecular flexibility index (Phi) is 3.71. The summed E-state index contributed by atoms with van der Waals surface area (Å²) in [6.45, 7) is 8.71. The molecule has 0 saturated heterocycles. The Balaban J connectivity index is 2.22. The minimum atomic E-state index is 0.0832. The molecule has 2 rings (SSSR count). The molecule has 3 atom stereocenters.